The first-order valence-corrected chi connectivity index (χ1v) is 9.67. The molecular formula is C24H38O3. The molecule has 0 heterocycles. The number of rotatable bonds is 4. The molecule has 27 heavy (non-hydrogen) atoms. The van der Waals surface area contributed by atoms with Crippen LogP contribution in [0.25, 0.3) is 0 Å². The van der Waals surface area contributed by atoms with Crippen LogP contribution in [0.1, 0.15) is 60.6 Å². The Balaban J connectivity index is 0.000000836. The van der Waals surface area contributed by atoms with Crippen LogP contribution in [0.15, 0.2) is 24.3 Å². The molecule has 3 nitrogen and oxygen atoms in total. The number of hydrogen-bond acceptors (Lipinski definition) is 3. The Labute approximate surface area is 166 Å². The van der Waals surface area contributed by atoms with Crippen LogP contribution in [0.2, 0.25) is 0 Å². The van der Waals surface area contributed by atoms with Crippen molar-refractivity contribution in [1.82, 2.24) is 0 Å². The van der Waals surface area contributed by atoms with Gasteiger partial charge in [0.05, 0.1) is 7.11 Å². The summed E-state index contributed by atoms with van der Waals surface area (Å²) in [6, 6.07) is 8.45. The predicted molar refractivity (Wildman–Crippen MR) is 116 cm³/mol. The summed E-state index contributed by atoms with van der Waals surface area (Å²) in [4.78, 5) is 0. The molecule has 1 N–H and O–H groups in total. The summed E-state index contributed by atoms with van der Waals surface area (Å²) in [5.74, 6) is 1.36. The van der Waals surface area contributed by atoms with Gasteiger partial charge in [-0.3, -0.25) is 0 Å². The number of phenolic OH excluding ortho intramolecular Hbond substituents is 1. The third kappa shape index (κ3) is 8.49. The molecule has 0 amide bonds. The standard InChI is InChI=1S/C18H22O2.C3H8O.C3H8/c1-11-6-15(7-12(2)17(11)19)10-16-8-13(3)18(20-5)14(4)9-16;1-3-4-2;1-3-2/h6-9,19H,10H2,1-5H3;3H2,1-2H3;3H2,1-2H3. The van der Waals surface area contributed by atoms with Crippen LogP contribution >= 0.6 is 0 Å². The summed E-state index contributed by atoms with van der Waals surface area (Å²) in [5.41, 5.74) is 6.68. The Bertz CT molecular complexity index is 642. The molecule has 0 aliphatic rings. The average molecular weight is 375 g/mol. The largest absolute Gasteiger partial charge is 0.507 e. The fraction of sp³-hybridized carbons (Fsp3) is 0.500. The minimum Gasteiger partial charge on any atom is -0.507 e. The minimum atomic E-state index is 0.399. The summed E-state index contributed by atoms with van der Waals surface area (Å²) < 4.78 is 9.94. The first kappa shape index (κ1) is 25.0. The van der Waals surface area contributed by atoms with Gasteiger partial charge >= 0.3 is 0 Å². The number of methoxy groups -OCH3 is 2. The monoisotopic (exact) mass is 374 g/mol. The number of phenols is 1. The van der Waals surface area contributed by atoms with Gasteiger partial charge in [-0.2, -0.15) is 0 Å². The molecule has 2 aromatic carbocycles. The molecule has 152 valence electrons. The van der Waals surface area contributed by atoms with Gasteiger partial charge in [0.1, 0.15) is 11.5 Å². The first-order chi connectivity index (χ1) is 12.7. The van der Waals surface area contributed by atoms with E-state index in [4.69, 9.17) is 4.74 Å². The van der Waals surface area contributed by atoms with Crippen molar-refractivity contribution in [2.75, 3.05) is 20.8 Å². The maximum Gasteiger partial charge on any atom is 0.124 e. The third-order valence-electron chi connectivity index (χ3n) is 3.97. The fourth-order valence-corrected chi connectivity index (χ4v) is 2.85. The Hall–Kier alpha value is -2.00. The average Bonchev–Trinajstić information content (AvgIpc) is 2.60. The van der Waals surface area contributed by atoms with E-state index < -0.39 is 0 Å². The lowest BCUT2D eigenvalue weighted by atomic mass is 9.97. The highest BCUT2D eigenvalue weighted by Crippen LogP contribution is 2.28. The van der Waals surface area contributed by atoms with Gasteiger partial charge in [0.25, 0.3) is 0 Å². The van der Waals surface area contributed by atoms with Gasteiger partial charge in [-0.25, -0.2) is 0 Å². The lowest BCUT2D eigenvalue weighted by molar-refractivity contribution is 0.215. The highest BCUT2D eigenvalue weighted by molar-refractivity contribution is 5.47. The second-order valence-corrected chi connectivity index (χ2v) is 6.80. The predicted octanol–water partition coefficient (Wildman–Crippen LogP) is 6.29. The number of hydrogen-bond donors (Lipinski definition) is 1. The van der Waals surface area contributed by atoms with Crippen LogP contribution < -0.4 is 4.74 Å². The van der Waals surface area contributed by atoms with Crippen LogP contribution in [0, 0.1) is 27.7 Å². The van der Waals surface area contributed by atoms with E-state index in [1.807, 2.05) is 20.8 Å². The molecule has 3 heteroatoms. The second-order valence-electron chi connectivity index (χ2n) is 6.80. The maximum atomic E-state index is 9.84. The number of benzene rings is 2. The van der Waals surface area contributed by atoms with Gasteiger partial charge in [0.15, 0.2) is 0 Å². The third-order valence-corrected chi connectivity index (χ3v) is 3.97. The van der Waals surface area contributed by atoms with Crippen molar-refractivity contribution >= 4 is 0 Å². The van der Waals surface area contributed by atoms with Crippen LogP contribution in [0.4, 0.5) is 0 Å². The minimum absolute atomic E-state index is 0.399. The van der Waals surface area contributed by atoms with E-state index in [2.05, 4.69) is 56.7 Å². The van der Waals surface area contributed by atoms with Crippen molar-refractivity contribution in [1.29, 1.82) is 0 Å². The van der Waals surface area contributed by atoms with Gasteiger partial charge in [0.2, 0.25) is 0 Å². The van der Waals surface area contributed by atoms with E-state index in [1.165, 1.54) is 17.5 Å². The Morgan fingerprint density at radius 1 is 0.741 bits per heavy atom. The number of ether oxygens (including phenoxy) is 2. The zero-order valence-electron chi connectivity index (χ0n) is 18.7. The molecule has 0 bridgehead atoms. The molecule has 0 fully saturated rings. The van der Waals surface area contributed by atoms with Crippen LogP contribution in [-0.2, 0) is 11.2 Å². The summed E-state index contributed by atoms with van der Waals surface area (Å²) in [6.07, 6.45) is 2.12. The van der Waals surface area contributed by atoms with E-state index in [9.17, 15) is 5.11 Å². The molecule has 2 aromatic rings. The topological polar surface area (TPSA) is 38.7 Å². The summed E-state index contributed by atoms with van der Waals surface area (Å²) in [5, 5.41) is 9.84. The molecule has 2 rings (SSSR count). The zero-order chi connectivity index (χ0) is 21.0. The summed E-state index contributed by atoms with van der Waals surface area (Å²) >= 11 is 0. The molecule has 0 saturated carbocycles. The van der Waals surface area contributed by atoms with Crippen molar-refractivity contribution in [3.8, 4) is 11.5 Å². The highest BCUT2D eigenvalue weighted by atomic mass is 16.5. The van der Waals surface area contributed by atoms with Crippen molar-refractivity contribution in [2.24, 2.45) is 0 Å². The number of aromatic hydroxyl groups is 1. The quantitative estimate of drug-likeness (QED) is 0.683. The van der Waals surface area contributed by atoms with E-state index in [0.717, 1.165) is 41.0 Å². The van der Waals surface area contributed by atoms with Crippen LogP contribution in [0.5, 0.6) is 11.5 Å². The molecule has 0 aliphatic heterocycles. The van der Waals surface area contributed by atoms with Gasteiger partial charge < -0.3 is 14.6 Å². The molecule has 0 aromatic heterocycles. The van der Waals surface area contributed by atoms with E-state index in [-0.39, 0.29) is 0 Å². The summed E-state index contributed by atoms with van der Waals surface area (Å²) in [7, 11) is 3.39. The molecule has 0 aliphatic carbocycles. The maximum absolute atomic E-state index is 9.84. The van der Waals surface area contributed by atoms with Crippen LogP contribution in [-0.4, -0.2) is 25.9 Å². The van der Waals surface area contributed by atoms with Gasteiger partial charge in [0, 0.05) is 13.7 Å². The van der Waals surface area contributed by atoms with Gasteiger partial charge in [-0.15, -0.1) is 0 Å². The van der Waals surface area contributed by atoms with E-state index >= 15 is 0 Å². The van der Waals surface area contributed by atoms with Crippen LogP contribution in [0.3, 0.4) is 0 Å². The Kier molecular flexibility index (Phi) is 12.2. The molecule has 0 unspecified atom stereocenters. The van der Waals surface area contributed by atoms with E-state index in [0.29, 0.717) is 5.75 Å². The zero-order valence-corrected chi connectivity index (χ0v) is 18.7. The first-order valence-electron chi connectivity index (χ1n) is 9.67. The molecule has 0 atom stereocenters. The number of aryl methyl sites for hydroxylation is 4. The van der Waals surface area contributed by atoms with Crippen molar-refractivity contribution in [3.05, 3.63) is 57.6 Å². The molecular weight excluding hydrogens is 336 g/mol. The lowest BCUT2D eigenvalue weighted by Gasteiger charge is -2.12. The normalized spacial score (nSPS) is 9.67. The van der Waals surface area contributed by atoms with Gasteiger partial charge in [-0.1, -0.05) is 44.5 Å². The van der Waals surface area contributed by atoms with Crippen molar-refractivity contribution in [3.63, 3.8) is 0 Å². The Morgan fingerprint density at radius 3 is 1.37 bits per heavy atom. The Morgan fingerprint density at radius 2 is 1.07 bits per heavy atom. The molecule has 0 radical (unpaired) electrons. The van der Waals surface area contributed by atoms with E-state index in [1.54, 1.807) is 14.2 Å². The van der Waals surface area contributed by atoms with Crippen molar-refractivity contribution < 1.29 is 14.6 Å². The second kappa shape index (κ2) is 13.2. The van der Waals surface area contributed by atoms with Gasteiger partial charge in [-0.05, 0) is 74.4 Å². The van der Waals surface area contributed by atoms with Crippen molar-refractivity contribution in [2.45, 2.75) is 61.3 Å². The fourth-order valence-electron chi connectivity index (χ4n) is 2.85. The lowest BCUT2D eigenvalue weighted by Crippen LogP contribution is -1.96. The summed E-state index contributed by atoms with van der Waals surface area (Å²) in [6.45, 7) is 15.1. The molecule has 0 saturated heterocycles. The molecule has 0 spiro atoms. The smallest absolute Gasteiger partial charge is 0.124 e. The SMILES string of the molecule is CCC.CCOC.COc1c(C)cc(Cc2cc(C)c(O)c(C)c2)cc1C. The highest BCUT2D eigenvalue weighted by Gasteiger charge is 2.08.